The van der Waals surface area contributed by atoms with Gasteiger partial charge in [-0.1, -0.05) is 42.0 Å². The molecule has 2 aromatic rings. The Hall–Kier alpha value is -1.25. The molecule has 1 aliphatic carbocycles. The van der Waals surface area contributed by atoms with Crippen molar-refractivity contribution >= 4 is 11.8 Å². The van der Waals surface area contributed by atoms with Gasteiger partial charge in [-0.25, -0.2) is 0 Å². The molecule has 1 aliphatic rings. The van der Waals surface area contributed by atoms with Gasteiger partial charge < -0.3 is 5.32 Å². The highest BCUT2D eigenvalue weighted by molar-refractivity contribution is 7.99. The number of thioether (sulfide) groups is 1. The molecular formula is C19H23NS. The van der Waals surface area contributed by atoms with Crippen LogP contribution in [0.25, 0.3) is 0 Å². The third-order valence-electron chi connectivity index (χ3n) is 4.38. The lowest BCUT2D eigenvalue weighted by atomic mass is 9.74. The molecule has 0 radical (unpaired) electrons. The van der Waals surface area contributed by atoms with E-state index in [1.807, 2.05) is 11.8 Å². The minimum atomic E-state index is 0.578. The second-order valence-electron chi connectivity index (χ2n) is 5.95. The van der Waals surface area contributed by atoms with E-state index in [0.717, 1.165) is 11.7 Å². The van der Waals surface area contributed by atoms with Crippen LogP contribution in [0.5, 0.6) is 0 Å². The summed E-state index contributed by atoms with van der Waals surface area (Å²) in [6.45, 7) is 2.16. The molecule has 2 unspecified atom stereocenters. The third-order valence-corrected chi connectivity index (χ3v) is 5.54. The largest absolute Gasteiger partial charge is 0.316 e. The predicted molar refractivity (Wildman–Crippen MR) is 92.3 cm³/mol. The molecule has 2 heteroatoms. The van der Waals surface area contributed by atoms with E-state index in [0.29, 0.717) is 6.04 Å². The molecule has 0 bridgehead atoms. The topological polar surface area (TPSA) is 12.0 Å². The third kappa shape index (κ3) is 3.50. The van der Waals surface area contributed by atoms with Gasteiger partial charge in [0.2, 0.25) is 0 Å². The quantitative estimate of drug-likeness (QED) is 0.793. The predicted octanol–water partition coefficient (Wildman–Crippen LogP) is 4.41. The molecule has 21 heavy (non-hydrogen) atoms. The summed E-state index contributed by atoms with van der Waals surface area (Å²) in [5, 5.41) is 3.50. The molecule has 2 atom stereocenters. The number of hydrogen-bond acceptors (Lipinski definition) is 2. The zero-order chi connectivity index (χ0) is 14.7. The Morgan fingerprint density at radius 2 is 2.05 bits per heavy atom. The van der Waals surface area contributed by atoms with Crippen LogP contribution in [-0.4, -0.2) is 18.8 Å². The van der Waals surface area contributed by atoms with Gasteiger partial charge in [-0.15, -0.1) is 11.8 Å². The van der Waals surface area contributed by atoms with E-state index in [9.17, 15) is 0 Å². The van der Waals surface area contributed by atoms with Crippen LogP contribution in [0, 0.1) is 6.92 Å². The SMILES string of the molecule is CNC(CSc1cccc(C)c1)CC1Cc2ccccc21. The van der Waals surface area contributed by atoms with E-state index in [1.165, 1.54) is 23.3 Å². The monoisotopic (exact) mass is 297 g/mol. The van der Waals surface area contributed by atoms with Crippen LogP contribution < -0.4 is 5.32 Å². The van der Waals surface area contributed by atoms with Crippen molar-refractivity contribution in [2.24, 2.45) is 0 Å². The first-order chi connectivity index (χ1) is 10.3. The van der Waals surface area contributed by atoms with E-state index < -0.39 is 0 Å². The zero-order valence-electron chi connectivity index (χ0n) is 12.8. The van der Waals surface area contributed by atoms with Crippen molar-refractivity contribution in [2.75, 3.05) is 12.8 Å². The maximum absolute atomic E-state index is 3.50. The molecular weight excluding hydrogens is 274 g/mol. The van der Waals surface area contributed by atoms with Gasteiger partial charge in [0.05, 0.1) is 0 Å². The second-order valence-corrected chi connectivity index (χ2v) is 7.04. The summed E-state index contributed by atoms with van der Waals surface area (Å²) >= 11 is 1.96. The first-order valence-electron chi connectivity index (χ1n) is 7.71. The molecule has 1 nitrogen and oxygen atoms in total. The van der Waals surface area contributed by atoms with Crippen LogP contribution in [0.2, 0.25) is 0 Å². The first-order valence-corrected chi connectivity index (χ1v) is 8.69. The van der Waals surface area contributed by atoms with Gasteiger partial charge in [-0.3, -0.25) is 0 Å². The van der Waals surface area contributed by atoms with Crippen LogP contribution in [0.4, 0.5) is 0 Å². The number of aryl methyl sites for hydroxylation is 1. The van der Waals surface area contributed by atoms with Gasteiger partial charge in [-0.05, 0) is 56.0 Å². The van der Waals surface area contributed by atoms with Crippen LogP contribution in [0.3, 0.4) is 0 Å². The lowest BCUT2D eigenvalue weighted by Gasteiger charge is -2.33. The Morgan fingerprint density at radius 1 is 1.19 bits per heavy atom. The Bertz CT molecular complexity index is 608. The number of hydrogen-bond donors (Lipinski definition) is 1. The van der Waals surface area contributed by atoms with Crippen molar-refractivity contribution in [1.29, 1.82) is 0 Å². The Balaban J connectivity index is 1.55. The fourth-order valence-electron chi connectivity index (χ4n) is 3.09. The van der Waals surface area contributed by atoms with E-state index >= 15 is 0 Å². The van der Waals surface area contributed by atoms with E-state index in [1.54, 1.807) is 11.1 Å². The standard InChI is InChI=1S/C19H23NS/c1-14-6-5-8-18(10-14)21-13-17(20-2)12-16-11-15-7-3-4-9-19(15)16/h3-10,16-17,20H,11-13H2,1-2H3. The van der Waals surface area contributed by atoms with Crippen molar-refractivity contribution in [3.8, 4) is 0 Å². The molecule has 0 heterocycles. The molecule has 1 N–H and O–H groups in total. The number of rotatable bonds is 6. The van der Waals surface area contributed by atoms with Crippen LogP contribution >= 0.6 is 11.8 Å². The van der Waals surface area contributed by atoms with E-state index in [4.69, 9.17) is 0 Å². The molecule has 0 saturated heterocycles. The van der Waals surface area contributed by atoms with Crippen molar-refractivity contribution in [3.63, 3.8) is 0 Å². The van der Waals surface area contributed by atoms with Crippen molar-refractivity contribution < 1.29 is 0 Å². The van der Waals surface area contributed by atoms with Crippen molar-refractivity contribution in [1.82, 2.24) is 5.32 Å². The Morgan fingerprint density at radius 3 is 2.81 bits per heavy atom. The normalized spacial score (nSPS) is 17.9. The highest BCUT2D eigenvalue weighted by Gasteiger charge is 2.27. The number of nitrogens with one attached hydrogen (secondary N) is 1. The average Bonchev–Trinajstić information content (AvgIpc) is 2.48. The van der Waals surface area contributed by atoms with Gasteiger partial charge in [0.25, 0.3) is 0 Å². The van der Waals surface area contributed by atoms with Gasteiger partial charge in [0.15, 0.2) is 0 Å². The number of fused-ring (bicyclic) bond motifs is 1. The fraction of sp³-hybridized carbons (Fsp3) is 0.368. The molecule has 0 saturated carbocycles. The van der Waals surface area contributed by atoms with Crippen LogP contribution in [0.15, 0.2) is 53.4 Å². The van der Waals surface area contributed by atoms with Gasteiger partial charge >= 0.3 is 0 Å². The summed E-state index contributed by atoms with van der Waals surface area (Å²) in [5.41, 5.74) is 4.45. The van der Waals surface area contributed by atoms with Gasteiger partial charge in [-0.2, -0.15) is 0 Å². The fourth-order valence-corrected chi connectivity index (χ4v) is 4.23. The maximum Gasteiger partial charge on any atom is 0.0164 e. The summed E-state index contributed by atoms with van der Waals surface area (Å²) in [5.74, 6) is 1.88. The highest BCUT2D eigenvalue weighted by atomic mass is 32.2. The first kappa shape index (κ1) is 14.7. The summed E-state index contributed by atoms with van der Waals surface area (Å²) < 4.78 is 0. The zero-order valence-corrected chi connectivity index (χ0v) is 13.6. The molecule has 110 valence electrons. The van der Waals surface area contributed by atoms with Crippen molar-refractivity contribution in [3.05, 3.63) is 65.2 Å². The molecule has 0 fully saturated rings. The molecule has 3 rings (SSSR count). The van der Waals surface area contributed by atoms with Gasteiger partial charge in [0, 0.05) is 16.7 Å². The van der Waals surface area contributed by atoms with Crippen molar-refractivity contribution in [2.45, 2.75) is 36.6 Å². The molecule has 0 aromatic heterocycles. The van der Waals surface area contributed by atoms with E-state index in [-0.39, 0.29) is 0 Å². The number of benzene rings is 2. The lowest BCUT2D eigenvalue weighted by molar-refractivity contribution is 0.468. The smallest absolute Gasteiger partial charge is 0.0164 e. The minimum absolute atomic E-state index is 0.578. The average molecular weight is 297 g/mol. The summed E-state index contributed by atoms with van der Waals surface area (Å²) in [6.07, 6.45) is 2.50. The Labute approximate surface area is 132 Å². The van der Waals surface area contributed by atoms with Crippen LogP contribution in [-0.2, 0) is 6.42 Å². The maximum atomic E-state index is 3.50. The van der Waals surface area contributed by atoms with Crippen LogP contribution in [0.1, 0.15) is 29.0 Å². The molecule has 2 aromatic carbocycles. The highest BCUT2D eigenvalue weighted by Crippen LogP contribution is 2.38. The molecule has 0 amide bonds. The van der Waals surface area contributed by atoms with Gasteiger partial charge in [0.1, 0.15) is 0 Å². The molecule has 0 spiro atoms. The summed E-state index contributed by atoms with van der Waals surface area (Å²) in [6, 6.07) is 18.2. The molecule has 0 aliphatic heterocycles. The minimum Gasteiger partial charge on any atom is -0.316 e. The second kappa shape index (κ2) is 6.67. The van der Waals surface area contributed by atoms with E-state index in [2.05, 4.69) is 67.8 Å². The summed E-state index contributed by atoms with van der Waals surface area (Å²) in [4.78, 5) is 1.38. The summed E-state index contributed by atoms with van der Waals surface area (Å²) in [7, 11) is 2.09. The Kier molecular flexibility index (Phi) is 4.67. The lowest BCUT2D eigenvalue weighted by Crippen LogP contribution is -2.32.